The molecule has 1 N–H and O–H groups in total. The van der Waals surface area contributed by atoms with Crippen molar-refractivity contribution in [2.24, 2.45) is 0 Å². The highest BCUT2D eigenvalue weighted by Gasteiger charge is 2.13. The Kier molecular flexibility index (Phi) is 3.20. The van der Waals surface area contributed by atoms with E-state index >= 15 is 0 Å². The lowest BCUT2D eigenvalue weighted by atomic mass is 10.2. The van der Waals surface area contributed by atoms with Gasteiger partial charge in [-0.2, -0.15) is 9.97 Å². The lowest BCUT2D eigenvalue weighted by Gasteiger charge is -2.19. The van der Waals surface area contributed by atoms with Gasteiger partial charge in [-0.3, -0.25) is 0 Å². The van der Waals surface area contributed by atoms with Crippen LogP contribution in [0, 0.1) is 0 Å². The molecular formula is C14H13ClN4O. The van der Waals surface area contributed by atoms with Gasteiger partial charge in [-0.05, 0) is 41.9 Å². The number of aromatic amines is 1. The van der Waals surface area contributed by atoms with E-state index in [1.165, 1.54) is 0 Å². The molecule has 0 unspecified atom stereocenters. The van der Waals surface area contributed by atoms with Crippen molar-refractivity contribution in [3.05, 3.63) is 41.8 Å². The van der Waals surface area contributed by atoms with Gasteiger partial charge in [0.1, 0.15) is 17.2 Å². The maximum atomic E-state index is 5.97. The number of methoxy groups -OCH3 is 1. The molecule has 0 saturated carbocycles. The average molecular weight is 289 g/mol. The van der Waals surface area contributed by atoms with Gasteiger partial charge in [-0.1, -0.05) is 0 Å². The average Bonchev–Trinajstić information content (AvgIpc) is 2.94. The fourth-order valence-corrected chi connectivity index (χ4v) is 2.25. The summed E-state index contributed by atoms with van der Waals surface area (Å²) in [4.78, 5) is 13.5. The van der Waals surface area contributed by atoms with Crippen LogP contribution in [0.25, 0.3) is 11.0 Å². The quantitative estimate of drug-likeness (QED) is 0.751. The summed E-state index contributed by atoms with van der Waals surface area (Å²) in [5, 5.41) is 1.14. The summed E-state index contributed by atoms with van der Waals surface area (Å²) in [7, 11) is 3.58. The van der Waals surface area contributed by atoms with E-state index in [-0.39, 0.29) is 5.28 Å². The van der Waals surface area contributed by atoms with Crippen molar-refractivity contribution in [1.29, 1.82) is 0 Å². The van der Waals surface area contributed by atoms with Gasteiger partial charge in [-0.25, -0.2) is 0 Å². The number of H-pyrrole nitrogens is 1. The minimum absolute atomic E-state index is 0.218. The number of aromatic nitrogens is 3. The number of hydrogen-bond acceptors (Lipinski definition) is 4. The first-order valence-electron chi connectivity index (χ1n) is 6.07. The van der Waals surface area contributed by atoms with Gasteiger partial charge >= 0.3 is 0 Å². The highest BCUT2D eigenvalue weighted by molar-refractivity contribution is 6.28. The highest BCUT2D eigenvalue weighted by Crippen LogP contribution is 2.30. The molecule has 2 aromatic heterocycles. The molecule has 0 aliphatic heterocycles. The molecule has 0 radical (unpaired) electrons. The molecule has 0 amide bonds. The summed E-state index contributed by atoms with van der Waals surface area (Å²) >= 11 is 5.97. The monoisotopic (exact) mass is 288 g/mol. The van der Waals surface area contributed by atoms with Gasteiger partial charge in [0.15, 0.2) is 0 Å². The van der Waals surface area contributed by atoms with Crippen LogP contribution in [-0.2, 0) is 0 Å². The second-order valence-corrected chi connectivity index (χ2v) is 4.65. The normalized spacial score (nSPS) is 10.8. The summed E-state index contributed by atoms with van der Waals surface area (Å²) in [6, 6.07) is 9.67. The Morgan fingerprint density at radius 3 is 2.60 bits per heavy atom. The van der Waals surface area contributed by atoms with Gasteiger partial charge in [0, 0.05) is 18.9 Å². The maximum absolute atomic E-state index is 5.97. The van der Waals surface area contributed by atoms with E-state index in [9.17, 15) is 0 Å². The molecule has 0 saturated heterocycles. The number of halogens is 1. The fourth-order valence-electron chi connectivity index (χ4n) is 2.08. The Morgan fingerprint density at radius 1 is 1.15 bits per heavy atom. The van der Waals surface area contributed by atoms with Crippen LogP contribution in [0.15, 0.2) is 36.5 Å². The number of ether oxygens (including phenoxy) is 1. The van der Waals surface area contributed by atoms with Crippen LogP contribution in [0.4, 0.5) is 11.5 Å². The van der Waals surface area contributed by atoms with Gasteiger partial charge in [-0.15, -0.1) is 0 Å². The molecule has 0 aliphatic rings. The second kappa shape index (κ2) is 5.02. The lowest BCUT2D eigenvalue weighted by Crippen LogP contribution is -2.12. The molecule has 6 heteroatoms. The van der Waals surface area contributed by atoms with E-state index in [2.05, 4.69) is 15.0 Å². The van der Waals surface area contributed by atoms with Crippen LogP contribution in [0.5, 0.6) is 5.75 Å². The molecule has 2 heterocycles. The summed E-state index contributed by atoms with van der Waals surface area (Å²) in [5.74, 6) is 1.57. The van der Waals surface area contributed by atoms with Crippen molar-refractivity contribution < 1.29 is 4.74 Å². The van der Waals surface area contributed by atoms with Crippen molar-refractivity contribution in [3.63, 3.8) is 0 Å². The molecule has 3 rings (SSSR count). The van der Waals surface area contributed by atoms with Crippen LogP contribution < -0.4 is 9.64 Å². The number of hydrogen-bond donors (Lipinski definition) is 1. The standard InChI is InChI=1S/C14H13ClN4O/c1-19(9-3-5-10(20-2)6-4-9)13-11-7-8-16-12(11)17-14(15)18-13/h3-8H,1-2H3,(H,16,17,18). The van der Waals surface area contributed by atoms with Crippen LogP contribution >= 0.6 is 11.6 Å². The Bertz CT molecular complexity index is 739. The van der Waals surface area contributed by atoms with Gasteiger partial charge in [0.2, 0.25) is 5.28 Å². The number of fused-ring (bicyclic) bond motifs is 1. The predicted molar refractivity (Wildman–Crippen MR) is 80.0 cm³/mol. The summed E-state index contributed by atoms with van der Waals surface area (Å²) in [5.41, 5.74) is 1.71. The van der Waals surface area contributed by atoms with Crippen LogP contribution in [-0.4, -0.2) is 29.1 Å². The van der Waals surface area contributed by atoms with Crippen LogP contribution in [0.3, 0.4) is 0 Å². The highest BCUT2D eigenvalue weighted by atomic mass is 35.5. The molecule has 0 spiro atoms. The van der Waals surface area contributed by atoms with Gasteiger partial charge < -0.3 is 14.6 Å². The summed E-state index contributed by atoms with van der Waals surface area (Å²) < 4.78 is 5.16. The zero-order valence-corrected chi connectivity index (χ0v) is 11.8. The minimum atomic E-state index is 0.218. The first-order valence-corrected chi connectivity index (χ1v) is 6.45. The zero-order chi connectivity index (χ0) is 14.1. The minimum Gasteiger partial charge on any atom is -0.497 e. The third-order valence-corrected chi connectivity index (χ3v) is 3.31. The van der Waals surface area contributed by atoms with E-state index in [0.29, 0.717) is 0 Å². The van der Waals surface area contributed by atoms with E-state index in [0.717, 1.165) is 28.3 Å². The number of benzene rings is 1. The zero-order valence-electron chi connectivity index (χ0n) is 11.1. The number of nitrogens with one attached hydrogen (secondary N) is 1. The molecule has 20 heavy (non-hydrogen) atoms. The van der Waals surface area contributed by atoms with Crippen molar-refractivity contribution in [2.75, 3.05) is 19.1 Å². The molecule has 3 aromatic rings. The maximum Gasteiger partial charge on any atom is 0.226 e. The largest absolute Gasteiger partial charge is 0.497 e. The molecule has 5 nitrogen and oxygen atoms in total. The van der Waals surface area contributed by atoms with Crippen molar-refractivity contribution in [1.82, 2.24) is 15.0 Å². The molecular weight excluding hydrogens is 276 g/mol. The summed E-state index contributed by atoms with van der Waals surface area (Å²) in [6.45, 7) is 0. The Labute approximate surface area is 121 Å². The first kappa shape index (κ1) is 12.7. The number of nitrogens with zero attached hydrogens (tertiary/aromatic N) is 3. The molecule has 1 aromatic carbocycles. The smallest absolute Gasteiger partial charge is 0.226 e. The van der Waals surface area contributed by atoms with Crippen molar-refractivity contribution in [2.45, 2.75) is 0 Å². The van der Waals surface area contributed by atoms with Crippen molar-refractivity contribution in [3.8, 4) is 5.75 Å². The predicted octanol–water partition coefficient (Wildman–Crippen LogP) is 3.39. The molecule has 0 fully saturated rings. The van der Waals surface area contributed by atoms with E-state index in [4.69, 9.17) is 16.3 Å². The van der Waals surface area contributed by atoms with E-state index in [1.54, 1.807) is 7.11 Å². The Morgan fingerprint density at radius 2 is 1.90 bits per heavy atom. The summed E-state index contributed by atoms with van der Waals surface area (Å²) in [6.07, 6.45) is 1.82. The number of anilines is 2. The van der Waals surface area contributed by atoms with Gasteiger partial charge in [0.25, 0.3) is 0 Å². The third kappa shape index (κ3) is 2.16. The van der Waals surface area contributed by atoms with Gasteiger partial charge in [0.05, 0.1) is 12.5 Å². The van der Waals surface area contributed by atoms with Crippen LogP contribution in [0.1, 0.15) is 0 Å². The van der Waals surface area contributed by atoms with Crippen LogP contribution in [0.2, 0.25) is 5.28 Å². The molecule has 102 valence electrons. The fraction of sp³-hybridized carbons (Fsp3) is 0.143. The molecule has 0 bridgehead atoms. The van der Waals surface area contributed by atoms with Crippen molar-refractivity contribution >= 4 is 34.1 Å². The Balaban J connectivity index is 2.06. The SMILES string of the molecule is COc1ccc(N(C)c2nc(Cl)nc3[nH]ccc23)cc1. The van der Waals surface area contributed by atoms with E-state index in [1.807, 2.05) is 48.5 Å². The Hall–Kier alpha value is -2.27. The topological polar surface area (TPSA) is 54.0 Å². The number of rotatable bonds is 3. The third-order valence-electron chi connectivity index (χ3n) is 3.15. The van der Waals surface area contributed by atoms with E-state index < -0.39 is 0 Å². The lowest BCUT2D eigenvalue weighted by molar-refractivity contribution is 0.415. The molecule has 0 aliphatic carbocycles. The molecule has 0 atom stereocenters. The second-order valence-electron chi connectivity index (χ2n) is 4.31. The first-order chi connectivity index (χ1) is 9.69.